The van der Waals surface area contributed by atoms with Crippen LogP contribution in [0.4, 0.5) is 0 Å². The quantitative estimate of drug-likeness (QED) is 0.911. The first-order chi connectivity index (χ1) is 11.6. The molecule has 2 fully saturated rings. The molecule has 0 saturated carbocycles. The van der Waals surface area contributed by atoms with Crippen LogP contribution in [0.2, 0.25) is 0 Å². The van der Waals surface area contributed by atoms with Gasteiger partial charge in [-0.2, -0.15) is 0 Å². The van der Waals surface area contributed by atoms with Crippen molar-refractivity contribution in [1.29, 1.82) is 0 Å². The van der Waals surface area contributed by atoms with Gasteiger partial charge >= 0.3 is 0 Å². The van der Waals surface area contributed by atoms with E-state index >= 15 is 0 Å². The SMILES string of the molecule is CC(C)C1COC2(CCCN(C(=O)c3ccc4[nH]ccc4c3)C2)C1. The lowest BCUT2D eigenvalue weighted by Crippen LogP contribution is -2.50. The topological polar surface area (TPSA) is 45.3 Å². The Bertz CT molecular complexity index is 751. The first kappa shape index (κ1) is 15.7. The Kier molecular flexibility index (Phi) is 3.87. The molecule has 1 amide bonds. The van der Waals surface area contributed by atoms with Gasteiger partial charge in [0.25, 0.3) is 5.91 Å². The molecule has 2 aromatic rings. The zero-order valence-corrected chi connectivity index (χ0v) is 14.5. The molecule has 4 heteroatoms. The van der Waals surface area contributed by atoms with Crippen LogP contribution in [0.25, 0.3) is 10.9 Å². The Morgan fingerprint density at radius 2 is 2.25 bits per heavy atom. The van der Waals surface area contributed by atoms with Crippen molar-refractivity contribution < 1.29 is 9.53 Å². The fraction of sp³-hybridized carbons (Fsp3) is 0.550. The lowest BCUT2D eigenvalue weighted by molar-refractivity contribution is -0.0451. The summed E-state index contributed by atoms with van der Waals surface area (Å²) in [4.78, 5) is 18.2. The van der Waals surface area contributed by atoms with Crippen LogP contribution in [0, 0.1) is 11.8 Å². The number of fused-ring (bicyclic) bond motifs is 1. The number of hydrogen-bond donors (Lipinski definition) is 1. The summed E-state index contributed by atoms with van der Waals surface area (Å²) >= 11 is 0. The van der Waals surface area contributed by atoms with Gasteiger partial charge in [-0.25, -0.2) is 0 Å². The van der Waals surface area contributed by atoms with E-state index in [2.05, 4.69) is 18.8 Å². The van der Waals surface area contributed by atoms with Crippen LogP contribution >= 0.6 is 0 Å². The van der Waals surface area contributed by atoms with Crippen LogP contribution < -0.4 is 0 Å². The van der Waals surface area contributed by atoms with E-state index in [1.807, 2.05) is 35.4 Å². The van der Waals surface area contributed by atoms with Crippen molar-refractivity contribution in [3.8, 4) is 0 Å². The second-order valence-corrected chi connectivity index (χ2v) is 7.81. The van der Waals surface area contributed by atoms with Gasteiger partial charge < -0.3 is 14.6 Å². The summed E-state index contributed by atoms with van der Waals surface area (Å²) < 4.78 is 6.23. The largest absolute Gasteiger partial charge is 0.373 e. The molecular formula is C20H26N2O2. The van der Waals surface area contributed by atoms with Crippen molar-refractivity contribution in [3.63, 3.8) is 0 Å². The first-order valence-electron chi connectivity index (χ1n) is 9.07. The van der Waals surface area contributed by atoms with Crippen molar-refractivity contribution >= 4 is 16.8 Å². The van der Waals surface area contributed by atoms with Gasteiger partial charge in [0, 0.05) is 35.8 Å². The van der Waals surface area contributed by atoms with E-state index in [1.165, 1.54) is 0 Å². The highest BCUT2D eigenvalue weighted by molar-refractivity contribution is 5.98. The van der Waals surface area contributed by atoms with Gasteiger partial charge in [0.05, 0.1) is 12.2 Å². The molecular weight excluding hydrogens is 300 g/mol. The van der Waals surface area contributed by atoms with Crippen LogP contribution in [-0.4, -0.2) is 41.1 Å². The van der Waals surface area contributed by atoms with E-state index in [4.69, 9.17) is 4.74 Å². The molecule has 1 aromatic heterocycles. The smallest absolute Gasteiger partial charge is 0.253 e. The maximum absolute atomic E-state index is 13.0. The molecule has 2 aliphatic rings. The lowest BCUT2D eigenvalue weighted by atomic mass is 9.82. The van der Waals surface area contributed by atoms with E-state index in [0.717, 1.165) is 55.4 Å². The second kappa shape index (κ2) is 5.92. The molecule has 4 rings (SSSR count). The highest BCUT2D eigenvalue weighted by atomic mass is 16.5. The zero-order chi connectivity index (χ0) is 16.7. The van der Waals surface area contributed by atoms with E-state index < -0.39 is 0 Å². The molecule has 1 N–H and O–H groups in total. The predicted octanol–water partition coefficient (Wildman–Crippen LogP) is 3.84. The summed E-state index contributed by atoms with van der Waals surface area (Å²) in [6.07, 6.45) is 5.11. The highest BCUT2D eigenvalue weighted by Gasteiger charge is 2.45. The highest BCUT2D eigenvalue weighted by Crippen LogP contribution is 2.40. The summed E-state index contributed by atoms with van der Waals surface area (Å²) in [5.41, 5.74) is 1.74. The Morgan fingerprint density at radius 3 is 3.04 bits per heavy atom. The van der Waals surface area contributed by atoms with Gasteiger partial charge in [-0.3, -0.25) is 4.79 Å². The molecule has 0 radical (unpaired) electrons. The third-order valence-electron chi connectivity index (χ3n) is 5.81. The molecule has 1 spiro atoms. The second-order valence-electron chi connectivity index (χ2n) is 7.81. The minimum absolute atomic E-state index is 0.110. The number of hydrogen-bond acceptors (Lipinski definition) is 2. The fourth-order valence-corrected chi connectivity index (χ4v) is 4.23. The van der Waals surface area contributed by atoms with Crippen LogP contribution in [-0.2, 0) is 4.74 Å². The van der Waals surface area contributed by atoms with E-state index in [0.29, 0.717) is 11.8 Å². The van der Waals surface area contributed by atoms with Crippen molar-refractivity contribution in [1.82, 2.24) is 9.88 Å². The number of carbonyl (C=O) groups excluding carboxylic acids is 1. The monoisotopic (exact) mass is 326 g/mol. The van der Waals surface area contributed by atoms with Crippen LogP contribution in [0.5, 0.6) is 0 Å². The standard InChI is InChI=1S/C20H26N2O2/c1-14(2)17-11-20(24-12-17)7-3-9-22(13-20)19(23)16-4-5-18-15(10-16)6-8-21-18/h4-6,8,10,14,17,21H,3,7,9,11-13H2,1-2H3. The maximum atomic E-state index is 13.0. The third-order valence-corrected chi connectivity index (χ3v) is 5.81. The van der Waals surface area contributed by atoms with Crippen LogP contribution in [0.15, 0.2) is 30.5 Å². The number of benzene rings is 1. The van der Waals surface area contributed by atoms with Gasteiger partial charge in [-0.15, -0.1) is 0 Å². The number of rotatable bonds is 2. The Labute approximate surface area is 143 Å². The summed E-state index contributed by atoms with van der Waals surface area (Å²) in [6, 6.07) is 7.91. The predicted molar refractivity (Wildman–Crippen MR) is 95.1 cm³/mol. The minimum atomic E-state index is -0.110. The molecule has 0 bridgehead atoms. The average Bonchev–Trinajstić information content (AvgIpc) is 3.21. The number of nitrogens with one attached hydrogen (secondary N) is 1. The van der Waals surface area contributed by atoms with Gasteiger partial charge in [-0.05, 0) is 55.4 Å². The van der Waals surface area contributed by atoms with Gasteiger partial charge in [0.1, 0.15) is 0 Å². The number of likely N-dealkylation sites (tertiary alicyclic amines) is 1. The number of piperidine rings is 1. The number of aromatic nitrogens is 1. The van der Waals surface area contributed by atoms with Crippen LogP contribution in [0.3, 0.4) is 0 Å². The molecule has 2 saturated heterocycles. The number of amides is 1. The Hall–Kier alpha value is -1.81. The van der Waals surface area contributed by atoms with E-state index in [1.54, 1.807) is 0 Å². The average molecular weight is 326 g/mol. The number of ether oxygens (including phenoxy) is 1. The summed E-state index contributed by atoms with van der Waals surface area (Å²) in [5.74, 6) is 1.40. The summed E-state index contributed by atoms with van der Waals surface area (Å²) in [6.45, 7) is 6.95. The Morgan fingerprint density at radius 1 is 1.38 bits per heavy atom. The normalized spacial score (nSPS) is 27.5. The van der Waals surface area contributed by atoms with Crippen molar-refractivity contribution in [2.45, 2.75) is 38.7 Å². The molecule has 2 atom stereocenters. The lowest BCUT2D eigenvalue weighted by Gasteiger charge is -2.40. The van der Waals surface area contributed by atoms with E-state index in [-0.39, 0.29) is 11.5 Å². The molecule has 128 valence electrons. The molecule has 0 aliphatic carbocycles. The minimum Gasteiger partial charge on any atom is -0.373 e. The van der Waals surface area contributed by atoms with Crippen molar-refractivity contribution in [2.24, 2.45) is 11.8 Å². The van der Waals surface area contributed by atoms with Crippen LogP contribution in [0.1, 0.15) is 43.5 Å². The summed E-state index contributed by atoms with van der Waals surface area (Å²) in [5, 5.41) is 1.09. The number of nitrogens with zero attached hydrogens (tertiary/aromatic N) is 1. The van der Waals surface area contributed by atoms with Crippen molar-refractivity contribution in [3.05, 3.63) is 36.0 Å². The molecule has 24 heavy (non-hydrogen) atoms. The molecule has 2 aliphatic heterocycles. The summed E-state index contributed by atoms with van der Waals surface area (Å²) in [7, 11) is 0. The number of aromatic amines is 1. The zero-order valence-electron chi connectivity index (χ0n) is 14.5. The Balaban J connectivity index is 1.52. The molecule has 2 unspecified atom stereocenters. The first-order valence-corrected chi connectivity index (χ1v) is 9.07. The van der Waals surface area contributed by atoms with Gasteiger partial charge in [0.15, 0.2) is 0 Å². The molecule has 4 nitrogen and oxygen atoms in total. The van der Waals surface area contributed by atoms with Gasteiger partial charge in [-0.1, -0.05) is 13.8 Å². The number of H-pyrrole nitrogens is 1. The van der Waals surface area contributed by atoms with Gasteiger partial charge in [0.2, 0.25) is 0 Å². The maximum Gasteiger partial charge on any atom is 0.253 e. The molecule has 3 heterocycles. The van der Waals surface area contributed by atoms with Crippen molar-refractivity contribution in [2.75, 3.05) is 19.7 Å². The molecule has 1 aromatic carbocycles. The third kappa shape index (κ3) is 2.73. The fourth-order valence-electron chi connectivity index (χ4n) is 4.23. The number of carbonyl (C=O) groups is 1. The van der Waals surface area contributed by atoms with E-state index in [9.17, 15) is 4.79 Å².